The van der Waals surface area contributed by atoms with Gasteiger partial charge in [0.2, 0.25) is 0 Å². The van der Waals surface area contributed by atoms with E-state index in [0.717, 1.165) is 19.3 Å². The molecular weight excluding hydrogens is 256 g/mol. The van der Waals surface area contributed by atoms with Crippen LogP contribution in [0.5, 0.6) is 0 Å². The summed E-state index contributed by atoms with van der Waals surface area (Å²) in [5.41, 5.74) is 1.22. The molecule has 4 atom stereocenters. The average Bonchev–Trinajstić information content (AvgIpc) is 2.55. The van der Waals surface area contributed by atoms with Crippen molar-refractivity contribution in [1.82, 2.24) is 0 Å². The van der Waals surface area contributed by atoms with Crippen molar-refractivity contribution in [3.63, 3.8) is 0 Å². The largest absolute Gasteiger partial charge is 0.299 e. The van der Waals surface area contributed by atoms with Gasteiger partial charge in [0.1, 0.15) is 5.78 Å². The van der Waals surface area contributed by atoms with Gasteiger partial charge in [-0.2, -0.15) is 0 Å². The van der Waals surface area contributed by atoms with Gasteiger partial charge in [-0.1, -0.05) is 76.8 Å². The van der Waals surface area contributed by atoms with E-state index in [-0.39, 0.29) is 5.92 Å². The summed E-state index contributed by atoms with van der Waals surface area (Å²) in [6.45, 7) is 6.68. The second-order valence-corrected chi connectivity index (χ2v) is 6.74. The van der Waals surface area contributed by atoms with E-state index in [1.807, 2.05) is 6.07 Å². The van der Waals surface area contributed by atoms with Gasteiger partial charge in [0.05, 0.1) is 0 Å². The van der Waals surface area contributed by atoms with Crippen molar-refractivity contribution in [1.29, 1.82) is 0 Å². The number of hydrogen-bond acceptors (Lipinski definition) is 1. The van der Waals surface area contributed by atoms with Crippen LogP contribution in [0.1, 0.15) is 70.8 Å². The molecule has 0 spiro atoms. The predicted octanol–water partition coefficient (Wildman–Crippen LogP) is 5.60. The Morgan fingerprint density at radius 1 is 1.14 bits per heavy atom. The van der Waals surface area contributed by atoms with Crippen LogP contribution >= 0.6 is 0 Å². The van der Waals surface area contributed by atoms with E-state index in [4.69, 9.17) is 0 Å². The molecule has 1 aromatic rings. The zero-order chi connectivity index (χ0) is 15.2. The first-order chi connectivity index (χ1) is 10.2. The van der Waals surface area contributed by atoms with Crippen molar-refractivity contribution >= 4 is 5.78 Å². The molecule has 0 heterocycles. The van der Waals surface area contributed by atoms with Gasteiger partial charge in [-0.3, -0.25) is 4.79 Å². The van der Waals surface area contributed by atoms with Crippen molar-refractivity contribution in [2.45, 2.75) is 65.2 Å². The van der Waals surface area contributed by atoms with Crippen LogP contribution in [0.3, 0.4) is 0 Å². The summed E-state index contributed by atoms with van der Waals surface area (Å²) in [6.07, 6.45) is 7.11. The highest BCUT2D eigenvalue weighted by atomic mass is 16.1. The van der Waals surface area contributed by atoms with E-state index in [0.29, 0.717) is 23.5 Å². The smallest absolute Gasteiger partial charge is 0.143 e. The fourth-order valence-corrected chi connectivity index (χ4v) is 3.97. The summed E-state index contributed by atoms with van der Waals surface area (Å²) in [6, 6.07) is 10.4. The Labute approximate surface area is 130 Å². The molecule has 0 N–H and O–H groups in total. The lowest BCUT2D eigenvalue weighted by Crippen LogP contribution is -2.33. The van der Waals surface area contributed by atoms with Crippen LogP contribution in [0.25, 0.3) is 0 Å². The van der Waals surface area contributed by atoms with Gasteiger partial charge in [0.15, 0.2) is 0 Å². The lowest BCUT2D eigenvalue weighted by molar-refractivity contribution is -0.128. The molecule has 4 unspecified atom stereocenters. The van der Waals surface area contributed by atoms with E-state index in [1.54, 1.807) is 0 Å². The first-order valence-electron chi connectivity index (χ1n) is 8.77. The molecule has 0 bridgehead atoms. The Bertz CT molecular complexity index is 436. The molecule has 1 saturated carbocycles. The van der Waals surface area contributed by atoms with Crippen molar-refractivity contribution in [2.75, 3.05) is 0 Å². The molecule has 1 nitrogen and oxygen atoms in total. The van der Waals surface area contributed by atoms with Crippen LogP contribution in [-0.2, 0) is 4.79 Å². The number of ketones is 1. The summed E-state index contributed by atoms with van der Waals surface area (Å²) in [5.74, 6) is 1.94. The first-order valence-corrected chi connectivity index (χ1v) is 8.77. The molecule has 1 aliphatic rings. The lowest BCUT2D eigenvalue weighted by atomic mass is 9.69. The van der Waals surface area contributed by atoms with Gasteiger partial charge < -0.3 is 0 Å². The third kappa shape index (κ3) is 3.75. The minimum atomic E-state index is 0.0911. The monoisotopic (exact) mass is 286 g/mol. The minimum absolute atomic E-state index is 0.0911. The quantitative estimate of drug-likeness (QED) is 0.665. The van der Waals surface area contributed by atoms with Crippen LogP contribution < -0.4 is 0 Å². The Morgan fingerprint density at radius 3 is 2.43 bits per heavy atom. The second kappa shape index (κ2) is 7.77. The number of benzene rings is 1. The SMILES string of the molecule is CCC(C)C(C(=O)C1CCCCC1CC)c1ccccc1. The van der Waals surface area contributed by atoms with Crippen molar-refractivity contribution < 1.29 is 4.79 Å². The molecular formula is C20H30O. The first kappa shape index (κ1) is 16.3. The molecule has 2 rings (SSSR count). The van der Waals surface area contributed by atoms with E-state index in [2.05, 4.69) is 45.0 Å². The Balaban J connectivity index is 2.25. The maximum absolute atomic E-state index is 13.3. The van der Waals surface area contributed by atoms with Gasteiger partial charge in [-0.05, 0) is 30.2 Å². The number of carbonyl (C=O) groups is 1. The van der Waals surface area contributed by atoms with Gasteiger partial charge >= 0.3 is 0 Å². The second-order valence-electron chi connectivity index (χ2n) is 6.74. The average molecular weight is 286 g/mol. The zero-order valence-corrected chi connectivity index (χ0v) is 13.8. The lowest BCUT2D eigenvalue weighted by Gasteiger charge is -2.34. The van der Waals surface area contributed by atoms with Crippen molar-refractivity contribution in [3.05, 3.63) is 35.9 Å². The van der Waals surface area contributed by atoms with E-state index < -0.39 is 0 Å². The third-order valence-electron chi connectivity index (χ3n) is 5.48. The highest BCUT2D eigenvalue weighted by molar-refractivity contribution is 5.88. The third-order valence-corrected chi connectivity index (χ3v) is 5.48. The Morgan fingerprint density at radius 2 is 1.81 bits per heavy atom. The fraction of sp³-hybridized carbons (Fsp3) is 0.650. The van der Waals surface area contributed by atoms with Gasteiger partial charge in [0.25, 0.3) is 0 Å². The van der Waals surface area contributed by atoms with Crippen LogP contribution in [0.4, 0.5) is 0 Å². The molecule has 1 aliphatic carbocycles. The molecule has 0 amide bonds. The maximum Gasteiger partial charge on any atom is 0.143 e. The minimum Gasteiger partial charge on any atom is -0.299 e. The number of carbonyl (C=O) groups excluding carboxylic acids is 1. The van der Waals surface area contributed by atoms with Crippen LogP contribution in [0.2, 0.25) is 0 Å². The van der Waals surface area contributed by atoms with Crippen molar-refractivity contribution in [3.8, 4) is 0 Å². The molecule has 0 aromatic heterocycles. The van der Waals surface area contributed by atoms with E-state index in [1.165, 1.54) is 24.8 Å². The van der Waals surface area contributed by atoms with Crippen LogP contribution in [0.15, 0.2) is 30.3 Å². The van der Waals surface area contributed by atoms with Crippen molar-refractivity contribution in [2.24, 2.45) is 17.8 Å². The van der Waals surface area contributed by atoms with E-state index in [9.17, 15) is 4.79 Å². The summed E-state index contributed by atoms with van der Waals surface area (Å²) >= 11 is 0. The van der Waals surface area contributed by atoms with Crippen LogP contribution in [-0.4, -0.2) is 5.78 Å². The number of hydrogen-bond donors (Lipinski definition) is 0. The normalized spacial score (nSPS) is 25.3. The number of rotatable bonds is 6. The predicted molar refractivity (Wildman–Crippen MR) is 89.4 cm³/mol. The molecule has 116 valence electrons. The summed E-state index contributed by atoms with van der Waals surface area (Å²) in [5, 5.41) is 0. The highest BCUT2D eigenvalue weighted by Gasteiger charge is 2.36. The molecule has 0 radical (unpaired) electrons. The van der Waals surface area contributed by atoms with Gasteiger partial charge in [-0.25, -0.2) is 0 Å². The summed E-state index contributed by atoms with van der Waals surface area (Å²) in [4.78, 5) is 13.3. The molecule has 0 aliphatic heterocycles. The Hall–Kier alpha value is -1.11. The molecule has 1 heteroatoms. The van der Waals surface area contributed by atoms with Gasteiger partial charge in [-0.15, -0.1) is 0 Å². The molecule has 0 saturated heterocycles. The number of Topliss-reactive ketones (excluding diaryl/α,β-unsaturated/α-hetero) is 1. The summed E-state index contributed by atoms with van der Waals surface area (Å²) in [7, 11) is 0. The van der Waals surface area contributed by atoms with E-state index >= 15 is 0 Å². The standard InChI is InChI=1S/C20H30O/c1-4-15(3)19(17-12-7-6-8-13-17)20(21)18-14-10-9-11-16(18)5-2/h6-8,12-13,15-16,18-19H,4-5,9-11,14H2,1-3H3. The van der Waals surface area contributed by atoms with Gasteiger partial charge in [0, 0.05) is 11.8 Å². The topological polar surface area (TPSA) is 17.1 Å². The zero-order valence-electron chi connectivity index (χ0n) is 13.8. The fourth-order valence-electron chi connectivity index (χ4n) is 3.97. The van der Waals surface area contributed by atoms with Crippen LogP contribution in [0, 0.1) is 17.8 Å². The highest BCUT2D eigenvalue weighted by Crippen LogP contribution is 2.39. The molecule has 1 fully saturated rings. The molecule has 21 heavy (non-hydrogen) atoms. The Kier molecular flexibility index (Phi) is 6.02. The summed E-state index contributed by atoms with van der Waals surface area (Å²) < 4.78 is 0. The maximum atomic E-state index is 13.3. The molecule has 1 aromatic carbocycles.